The molecule has 2 aromatic rings. The Bertz CT molecular complexity index is 583. The van der Waals surface area contributed by atoms with Crippen LogP contribution in [0.15, 0.2) is 60.7 Å². The van der Waals surface area contributed by atoms with Gasteiger partial charge in [0.25, 0.3) is 0 Å². The second-order valence-corrected chi connectivity index (χ2v) is 5.45. The van der Waals surface area contributed by atoms with Crippen LogP contribution in [-0.2, 0) is 17.8 Å². The first kappa shape index (κ1) is 13.8. The van der Waals surface area contributed by atoms with Crippen molar-refractivity contribution in [3.8, 4) is 0 Å². The van der Waals surface area contributed by atoms with E-state index in [0.29, 0.717) is 0 Å². The topological polar surface area (TPSA) is 32.3 Å². The van der Waals surface area contributed by atoms with Crippen molar-refractivity contribution in [2.45, 2.75) is 19.0 Å². The fraction of sp³-hybridized carbons (Fsp3) is 0.278. The lowest BCUT2D eigenvalue weighted by Crippen LogP contribution is -2.55. The van der Waals surface area contributed by atoms with Gasteiger partial charge in [-0.3, -0.25) is 9.69 Å². The molecule has 3 nitrogen and oxygen atoms in total. The summed E-state index contributed by atoms with van der Waals surface area (Å²) in [6.45, 7) is 2.46. The number of benzene rings is 2. The SMILES string of the molecule is O=C1NCCN(Cc2ccccc2)[C@@H]1Cc1ccccc1. The summed E-state index contributed by atoms with van der Waals surface area (Å²) in [6, 6.07) is 20.5. The van der Waals surface area contributed by atoms with Crippen LogP contribution in [0.4, 0.5) is 0 Å². The number of carbonyl (C=O) groups is 1. The first-order chi connectivity index (χ1) is 10.3. The largest absolute Gasteiger partial charge is 0.353 e. The number of rotatable bonds is 4. The third-order valence-electron chi connectivity index (χ3n) is 3.94. The molecule has 0 saturated carbocycles. The van der Waals surface area contributed by atoms with E-state index in [0.717, 1.165) is 26.1 Å². The zero-order valence-corrected chi connectivity index (χ0v) is 12.0. The molecular weight excluding hydrogens is 260 g/mol. The van der Waals surface area contributed by atoms with Crippen LogP contribution in [0, 0.1) is 0 Å². The van der Waals surface area contributed by atoms with Crippen molar-refractivity contribution in [2.75, 3.05) is 13.1 Å². The molecule has 0 aromatic heterocycles. The van der Waals surface area contributed by atoms with Gasteiger partial charge in [-0.25, -0.2) is 0 Å². The molecular formula is C18H20N2O. The maximum atomic E-state index is 12.2. The van der Waals surface area contributed by atoms with Gasteiger partial charge in [0.15, 0.2) is 0 Å². The zero-order chi connectivity index (χ0) is 14.5. The second-order valence-electron chi connectivity index (χ2n) is 5.45. The van der Waals surface area contributed by atoms with E-state index in [4.69, 9.17) is 0 Å². The van der Waals surface area contributed by atoms with Crippen LogP contribution in [0.25, 0.3) is 0 Å². The number of hydrogen-bond acceptors (Lipinski definition) is 2. The van der Waals surface area contributed by atoms with Crippen molar-refractivity contribution in [3.63, 3.8) is 0 Å². The summed E-state index contributed by atoms with van der Waals surface area (Å²) in [7, 11) is 0. The van der Waals surface area contributed by atoms with Gasteiger partial charge in [-0.05, 0) is 17.5 Å². The first-order valence-electron chi connectivity index (χ1n) is 7.42. The quantitative estimate of drug-likeness (QED) is 0.931. The Labute approximate surface area is 125 Å². The van der Waals surface area contributed by atoms with E-state index in [1.165, 1.54) is 11.1 Å². The van der Waals surface area contributed by atoms with Crippen molar-refractivity contribution in [3.05, 3.63) is 71.8 Å². The number of carbonyl (C=O) groups excluding carboxylic acids is 1. The van der Waals surface area contributed by atoms with E-state index in [2.05, 4.69) is 34.5 Å². The van der Waals surface area contributed by atoms with E-state index in [1.807, 2.05) is 36.4 Å². The van der Waals surface area contributed by atoms with Crippen molar-refractivity contribution in [1.29, 1.82) is 0 Å². The molecule has 0 radical (unpaired) electrons. The van der Waals surface area contributed by atoms with Crippen molar-refractivity contribution in [1.82, 2.24) is 10.2 Å². The van der Waals surface area contributed by atoms with Gasteiger partial charge < -0.3 is 5.32 Å². The van der Waals surface area contributed by atoms with Crippen LogP contribution in [-0.4, -0.2) is 29.9 Å². The summed E-state index contributed by atoms with van der Waals surface area (Å²) in [4.78, 5) is 14.5. The van der Waals surface area contributed by atoms with Crippen LogP contribution in [0.1, 0.15) is 11.1 Å². The predicted octanol–water partition coefficient (Wildman–Crippen LogP) is 2.23. The van der Waals surface area contributed by atoms with E-state index in [9.17, 15) is 4.79 Å². The van der Waals surface area contributed by atoms with Gasteiger partial charge in [-0.2, -0.15) is 0 Å². The van der Waals surface area contributed by atoms with E-state index < -0.39 is 0 Å². The maximum absolute atomic E-state index is 12.2. The Morgan fingerprint density at radius 2 is 1.57 bits per heavy atom. The predicted molar refractivity (Wildman–Crippen MR) is 83.8 cm³/mol. The van der Waals surface area contributed by atoms with Crippen molar-refractivity contribution in [2.24, 2.45) is 0 Å². The summed E-state index contributed by atoms with van der Waals surface area (Å²) >= 11 is 0. The number of nitrogens with one attached hydrogen (secondary N) is 1. The minimum atomic E-state index is -0.0821. The number of hydrogen-bond donors (Lipinski definition) is 1. The molecule has 1 aliphatic heterocycles. The molecule has 1 atom stereocenters. The third-order valence-corrected chi connectivity index (χ3v) is 3.94. The van der Waals surface area contributed by atoms with Crippen molar-refractivity contribution >= 4 is 5.91 Å². The molecule has 1 N–H and O–H groups in total. The van der Waals surface area contributed by atoms with E-state index >= 15 is 0 Å². The summed E-state index contributed by atoms with van der Waals surface area (Å²) in [5.41, 5.74) is 2.46. The Kier molecular flexibility index (Phi) is 4.31. The number of amides is 1. The molecule has 1 fully saturated rings. The molecule has 1 heterocycles. The average molecular weight is 280 g/mol. The molecule has 3 heteroatoms. The maximum Gasteiger partial charge on any atom is 0.237 e. The zero-order valence-electron chi connectivity index (χ0n) is 12.0. The highest BCUT2D eigenvalue weighted by atomic mass is 16.2. The Balaban J connectivity index is 1.75. The van der Waals surface area contributed by atoms with E-state index in [1.54, 1.807) is 0 Å². The fourth-order valence-electron chi connectivity index (χ4n) is 2.83. The highest BCUT2D eigenvalue weighted by Crippen LogP contribution is 2.15. The Morgan fingerprint density at radius 3 is 2.24 bits per heavy atom. The summed E-state index contributed by atoms with van der Waals surface area (Å²) in [5.74, 6) is 0.140. The molecule has 108 valence electrons. The van der Waals surface area contributed by atoms with Gasteiger partial charge in [-0.1, -0.05) is 60.7 Å². The smallest absolute Gasteiger partial charge is 0.237 e. The molecule has 1 aliphatic rings. The number of piperazine rings is 1. The minimum absolute atomic E-state index is 0.0821. The molecule has 2 aromatic carbocycles. The van der Waals surface area contributed by atoms with Gasteiger partial charge in [0.1, 0.15) is 0 Å². The normalized spacial score (nSPS) is 19.2. The Hall–Kier alpha value is -2.13. The van der Waals surface area contributed by atoms with Gasteiger partial charge in [0.2, 0.25) is 5.91 Å². The lowest BCUT2D eigenvalue weighted by Gasteiger charge is -2.35. The molecule has 3 rings (SSSR count). The summed E-state index contributed by atoms with van der Waals surface area (Å²) in [6.07, 6.45) is 0.763. The van der Waals surface area contributed by atoms with Crippen LogP contribution in [0.3, 0.4) is 0 Å². The highest BCUT2D eigenvalue weighted by molar-refractivity contribution is 5.82. The van der Waals surface area contributed by atoms with E-state index in [-0.39, 0.29) is 11.9 Å². The average Bonchev–Trinajstić information content (AvgIpc) is 2.53. The Morgan fingerprint density at radius 1 is 0.952 bits per heavy atom. The van der Waals surface area contributed by atoms with Gasteiger partial charge in [0.05, 0.1) is 6.04 Å². The van der Waals surface area contributed by atoms with Gasteiger partial charge >= 0.3 is 0 Å². The highest BCUT2D eigenvalue weighted by Gasteiger charge is 2.29. The fourth-order valence-corrected chi connectivity index (χ4v) is 2.83. The van der Waals surface area contributed by atoms with Crippen LogP contribution >= 0.6 is 0 Å². The monoisotopic (exact) mass is 280 g/mol. The van der Waals surface area contributed by atoms with Crippen LogP contribution in [0.5, 0.6) is 0 Å². The molecule has 0 unspecified atom stereocenters. The molecule has 1 saturated heterocycles. The standard InChI is InChI=1S/C18H20N2O/c21-18-17(13-15-7-3-1-4-8-15)20(12-11-19-18)14-16-9-5-2-6-10-16/h1-10,17H,11-14H2,(H,19,21)/t17-/m1/s1. The second kappa shape index (κ2) is 6.55. The lowest BCUT2D eigenvalue weighted by molar-refractivity contribution is -0.129. The van der Waals surface area contributed by atoms with Crippen LogP contribution in [0.2, 0.25) is 0 Å². The molecule has 0 spiro atoms. The van der Waals surface area contributed by atoms with Crippen molar-refractivity contribution < 1.29 is 4.79 Å². The molecule has 0 bridgehead atoms. The lowest BCUT2D eigenvalue weighted by atomic mass is 10.0. The van der Waals surface area contributed by atoms with Gasteiger partial charge in [-0.15, -0.1) is 0 Å². The van der Waals surface area contributed by atoms with Gasteiger partial charge in [0, 0.05) is 19.6 Å². The van der Waals surface area contributed by atoms with Crippen LogP contribution < -0.4 is 5.32 Å². The third kappa shape index (κ3) is 3.50. The summed E-state index contributed by atoms with van der Waals surface area (Å²) < 4.78 is 0. The molecule has 1 amide bonds. The number of nitrogens with zero attached hydrogens (tertiary/aromatic N) is 1. The molecule has 21 heavy (non-hydrogen) atoms. The summed E-state index contributed by atoms with van der Waals surface area (Å²) in [5, 5.41) is 2.99. The minimum Gasteiger partial charge on any atom is -0.353 e. The first-order valence-corrected chi connectivity index (χ1v) is 7.42. The molecule has 0 aliphatic carbocycles.